The van der Waals surface area contributed by atoms with Crippen molar-refractivity contribution in [1.82, 2.24) is 0 Å². The number of benzene rings is 2. The first-order valence-electron chi connectivity index (χ1n) is 5.78. The third-order valence-electron chi connectivity index (χ3n) is 2.86. The molecule has 0 aliphatic rings. The lowest BCUT2D eigenvalue weighted by atomic mass is 9.92. The van der Waals surface area contributed by atoms with Gasteiger partial charge in [0.05, 0.1) is 16.1 Å². The first kappa shape index (κ1) is 16.2. The van der Waals surface area contributed by atoms with Crippen LogP contribution in [0.1, 0.15) is 21.8 Å². The summed E-state index contributed by atoms with van der Waals surface area (Å²) in [7, 11) is 0. The third kappa shape index (κ3) is 3.54. The molecule has 0 aliphatic heterocycles. The standard InChI is InChI=1S/C15H7Cl2FINO/c16-12-4-1-8(5-13(12)17)11(7-20)15(21)10-3-2-9(18)6-14(10)19/h1-6,11H. The van der Waals surface area contributed by atoms with Gasteiger partial charge in [-0.1, -0.05) is 29.3 Å². The van der Waals surface area contributed by atoms with Gasteiger partial charge in [-0.2, -0.15) is 5.26 Å². The van der Waals surface area contributed by atoms with Gasteiger partial charge in [0.15, 0.2) is 5.78 Å². The van der Waals surface area contributed by atoms with E-state index in [1.165, 1.54) is 30.3 Å². The van der Waals surface area contributed by atoms with Crippen LogP contribution in [0.15, 0.2) is 36.4 Å². The maximum atomic E-state index is 13.1. The fourth-order valence-corrected chi connectivity index (χ4v) is 2.87. The Kier molecular flexibility index (Phi) is 5.20. The molecule has 0 radical (unpaired) electrons. The molecule has 21 heavy (non-hydrogen) atoms. The molecule has 0 heterocycles. The van der Waals surface area contributed by atoms with Crippen molar-refractivity contribution in [2.75, 3.05) is 0 Å². The molecule has 6 heteroatoms. The maximum absolute atomic E-state index is 13.1. The van der Waals surface area contributed by atoms with Crippen molar-refractivity contribution in [2.24, 2.45) is 0 Å². The average molecular weight is 434 g/mol. The van der Waals surface area contributed by atoms with Gasteiger partial charge in [-0.3, -0.25) is 4.79 Å². The van der Waals surface area contributed by atoms with E-state index in [1.54, 1.807) is 6.07 Å². The molecule has 0 saturated carbocycles. The minimum absolute atomic E-state index is 0.274. The predicted molar refractivity (Wildman–Crippen MR) is 88.3 cm³/mol. The summed E-state index contributed by atoms with van der Waals surface area (Å²) in [5, 5.41) is 9.92. The van der Waals surface area contributed by atoms with Crippen molar-refractivity contribution < 1.29 is 9.18 Å². The normalized spacial score (nSPS) is 11.8. The molecular weight excluding hydrogens is 427 g/mol. The molecule has 2 aromatic rings. The Hall–Kier alpha value is -1.16. The molecule has 0 amide bonds. The fourth-order valence-electron chi connectivity index (χ4n) is 1.82. The molecule has 0 aromatic heterocycles. The molecule has 0 bridgehead atoms. The van der Waals surface area contributed by atoms with E-state index in [9.17, 15) is 14.4 Å². The molecule has 2 rings (SSSR count). The van der Waals surface area contributed by atoms with E-state index < -0.39 is 17.5 Å². The molecule has 106 valence electrons. The molecule has 1 atom stereocenters. The summed E-state index contributed by atoms with van der Waals surface area (Å²) < 4.78 is 13.6. The number of rotatable bonds is 3. The van der Waals surface area contributed by atoms with Gasteiger partial charge >= 0.3 is 0 Å². The second kappa shape index (κ2) is 6.73. The van der Waals surface area contributed by atoms with Crippen molar-refractivity contribution >= 4 is 51.6 Å². The molecular formula is C15H7Cl2FINO. The Morgan fingerprint density at radius 2 is 1.90 bits per heavy atom. The molecule has 2 nitrogen and oxygen atoms in total. The van der Waals surface area contributed by atoms with Gasteiger partial charge in [0.25, 0.3) is 0 Å². The first-order chi connectivity index (χ1) is 9.93. The summed E-state index contributed by atoms with van der Waals surface area (Å²) in [5.41, 5.74) is 0.756. The number of hydrogen-bond acceptors (Lipinski definition) is 2. The second-order valence-corrected chi connectivity index (χ2v) is 6.20. The van der Waals surface area contributed by atoms with Crippen LogP contribution in [0.3, 0.4) is 0 Å². The van der Waals surface area contributed by atoms with E-state index >= 15 is 0 Å². The lowest BCUT2D eigenvalue weighted by Gasteiger charge is -2.11. The summed E-state index contributed by atoms with van der Waals surface area (Å²) in [6, 6.07) is 10.4. The number of halogens is 4. The highest BCUT2D eigenvalue weighted by atomic mass is 127. The maximum Gasteiger partial charge on any atom is 0.185 e. The molecule has 0 saturated heterocycles. The molecule has 0 N–H and O–H groups in total. The smallest absolute Gasteiger partial charge is 0.185 e. The van der Waals surface area contributed by atoms with Crippen molar-refractivity contribution in [2.45, 2.75) is 5.92 Å². The van der Waals surface area contributed by atoms with E-state index in [0.29, 0.717) is 19.7 Å². The van der Waals surface area contributed by atoms with Crippen LogP contribution < -0.4 is 0 Å². The Balaban J connectivity index is 2.43. The van der Waals surface area contributed by atoms with Crippen LogP contribution in [0.2, 0.25) is 10.0 Å². The van der Waals surface area contributed by atoms with Gasteiger partial charge in [-0.25, -0.2) is 4.39 Å². The highest BCUT2D eigenvalue weighted by Gasteiger charge is 2.24. The Labute approximate surface area is 144 Å². The molecule has 0 spiro atoms. The Morgan fingerprint density at radius 3 is 2.48 bits per heavy atom. The zero-order valence-corrected chi connectivity index (χ0v) is 14.1. The van der Waals surface area contributed by atoms with Gasteiger partial charge in [0, 0.05) is 9.13 Å². The van der Waals surface area contributed by atoms with E-state index in [0.717, 1.165) is 0 Å². The van der Waals surface area contributed by atoms with Crippen molar-refractivity contribution in [3.8, 4) is 6.07 Å². The van der Waals surface area contributed by atoms with E-state index in [4.69, 9.17) is 23.2 Å². The minimum atomic E-state index is -1.02. The van der Waals surface area contributed by atoms with Crippen LogP contribution >= 0.6 is 45.8 Å². The zero-order chi connectivity index (χ0) is 15.6. The van der Waals surface area contributed by atoms with Crippen molar-refractivity contribution in [3.63, 3.8) is 0 Å². The Bertz CT molecular complexity index is 758. The number of carbonyl (C=O) groups excluding carboxylic acids is 1. The van der Waals surface area contributed by atoms with Crippen LogP contribution in [0, 0.1) is 20.7 Å². The van der Waals surface area contributed by atoms with E-state index in [1.807, 2.05) is 28.7 Å². The summed E-state index contributed by atoms with van der Waals surface area (Å²) in [4.78, 5) is 12.5. The lowest BCUT2D eigenvalue weighted by molar-refractivity contribution is 0.0978. The van der Waals surface area contributed by atoms with Crippen LogP contribution in [0.25, 0.3) is 0 Å². The van der Waals surface area contributed by atoms with Crippen LogP contribution in [-0.2, 0) is 0 Å². The van der Waals surface area contributed by atoms with Crippen molar-refractivity contribution in [3.05, 3.63) is 67.0 Å². The van der Waals surface area contributed by atoms with Crippen LogP contribution in [0.5, 0.6) is 0 Å². The van der Waals surface area contributed by atoms with Crippen LogP contribution in [0.4, 0.5) is 4.39 Å². The summed E-state index contributed by atoms with van der Waals surface area (Å²) in [6.45, 7) is 0. The number of hydrogen-bond donors (Lipinski definition) is 0. The summed E-state index contributed by atoms with van der Waals surface area (Å²) >= 11 is 13.6. The monoisotopic (exact) mass is 433 g/mol. The number of carbonyl (C=O) groups is 1. The Morgan fingerprint density at radius 1 is 1.19 bits per heavy atom. The summed E-state index contributed by atoms with van der Waals surface area (Å²) in [5.74, 6) is -1.85. The van der Waals surface area contributed by atoms with E-state index in [2.05, 4.69) is 0 Å². The van der Waals surface area contributed by atoms with Crippen molar-refractivity contribution in [1.29, 1.82) is 5.26 Å². The van der Waals surface area contributed by atoms with Gasteiger partial charge in [-0.15, -0.1) is 0 Å². The highest BCUT2D eigenvalue weighted by Crippen LogP contribution is 2.29. The summed E-state index contributed by atoms with van der Waals surface area (Å²) in [6.07, 6.45) is 0. The quantitative estimate of drug-likeness (QED) is 0.491. The topological polar surface area (TPSA) is 40.9 Å². The molecule has 0 aliphatic carbocycles. The number of ketones is 1. The molecule has 2 aromatic carbocycles. The molecule has 0 fully saturated rings. The van der Waals surface area contributed by atoms with Gasteiger partial charge in [0.2, 0.25) is 0 Å². The number of Topliss-reactive ketones (excluding diaryl/α,β-unsaturated/α-hetero) is 1. The zero-order valence-electron chi connectivity index (χ0n) is 10.4. The third-order valence-corrected chi connectivity index (χ3v) is 4.50. The number of nitrogens with zero attached hydrogens (tertiary/aromatic N) is 1. The second-order valence-electron chi connectivity index (χ2n) is 4.22. The number of nitriles is 1. The SMILES string of the molecule is N#CC(C(=O)c1ccc(F)cc1I)c1ccc(Cl)c(Cl)c1. The molecule has 1 unspecified atom stereocenters. The average Bonchev–Trinajstić information content (AvgIpc) is 2.43. The first-order valence-corrected chi connectivity index (χ1v) is 7.61. The minimum Gasteiger partial charge on any atom is -0.292 e. The predicted octanol–water partition coefficient (Wildman–Crippen LogP) is 5.23. The fraction of sp³-hybridized carbons (Fsp3) is 0.0667. The highest BCUT2D eigenvalue weighted by molar-refractivity contribution is 14.1. The van der Waals surface area contributed by atoms with E-state index in [-0.39, 0.29) is 5.02 Å². The van der Waals surface area contributed by atoms with Gasteiger partial charge < -0.3 is 0 Å². The van der Waals surface area contributed by atoms with Gasteiger partial charge in [0.1, 0.15) is 11.7 Å². The lowest BCUT2D eigenvalue weighted by Crippen LogP contribution is -2.13. The van der Waals surface area contributed by atoms with Crippen LogP contribution in [-0.4, -0.2) is 5.78 Å². The van der Waals surface area contributed by atoms with Gasteiger partial charge in [-0.05, 0) is 58.5 Å². The largest absolute Gasteiger partial charge is 0.292 e.